The molecule has 0 saturated heterocycles. The van der Waals surface area contributed by atoms with Gasteiger partial charge in [-0.05, 0) is 53.1 Å². The summed E-state index contributed by atoms with van der Waals surface area (Å²) in [5, 5.41) is 3.58. The van der Waals surface area contributed by atoms with Crippen LogP contribution in [0.2, 0.25) is 0 Å². The van der Waals surface area contributed by atoms with E-state index in [0.717, 1.165) is 28.2 Å². The van der Waals surface area contributed by atoms with Gasteiger partial charge in [-0.2, -0.15) is 0 Å². The van der Waals surface area contributed by atoms with E-state index < -0.39 is 0 Å². The molecule has 1 atom stereocenters. The van der Waals surface area contributed by atoms with Crippen LogP contribution in [-0.4, -0.2) is 27.4 Å². The molecule has 0 aliphatic carbocycles. The number of methoxy groups -OCH3 is 2. The van der Waals surface area contributed by atoms with Gasteiger partial charge in [0, 0.05) is 13.7 Å². The summed E-state index contributed by atoms with van der Waals surface area (Å²) in [7, 11) is 3.30. The van der Waals surface area contributed by atoms with Crippen molar-refractivity contribution in [3.8, 4) is 11.5 Å². The molecule has 3 rings (SSSR count). The smallest absolute Gasteiger partial charge is 0.123 e. The van der Waals surface area contributed by atoms with Crippen LogP contribution in [0.3, 0.4) is 0 Å². The Morgan fingerprint density at radius 3 is 2.17 bits per heavy atom. The summed E-state index contributed by atoms with van der Waals surface area (Å²) in [4.78, 5) is 0. The highest BCUT2D eigenvalue weighted by atomic mass is 19.1. The van der Waals surface area contributed by atoms with Gasteiger partial charge in [0.2, 0.25) is 0 Å². The maximum absolute atomic E-state index is 13.4. The highest BCUT2D eigenvalue weighted by molar-refractivity contribution is 5.36. The molecule has 0 fully saturated rings. The summed E-state index contributed by atoms with van der Waals surface area (Å²) in [6.07, 6.45) is 0. The molecule has 0 spiro atoms. The van der Waals surface area contributed by atoms with Gasteiger partial charge in [-0.1, -0.05) is 36.4 Å². The monoisotopic (exact) mass is 395 g/mol. The molecule has 29 heavy (non-hydrogen) atoms. The lowest BCUT2D eigenvalue weighted by atomic mass is 9.98. The Hall–Kier alpha value is -2.89. The van der Waals surface area contributed by atoms with E-state index in [9.17, 15) is 4.39 Å². The molecule has 0 amide bonds. The lowest BCUT2D eigenvalue weighted by Crippen LogP contribution is -2.22. The SMILES string of the molecule is COCCOc1cccc(CNC(c2ccc(F)cc2)c2ccc(OC)cc2)c1. The molecule has 3 aromatic rings. The van der Waals surface area contributed by atoms with Gasteiger partial charge in [0.05, 0.1) is 19.8 Å². The second-order valence-electron chi connectivity index (χ2n) is 6.63. The fourth-order valence-corrected chi connectivity index (χ4v) is 3.09. The van der Waals surface area contributed by atoms with Crippen molar-refractivity contribution in [2.45, 2.75) is 12.6 Å². The minimum atomic E-state index is -0.247. The van der Waals surface area contributed by atoms with Crippen molar-refractivity contribution in [1.29, 1.82) is 0 Å². The number of benzene rings is 3. The van der Waals surface area contributed by atoms with E-state index >= 15 is 0 Å². The summed E-state index contributed by atoms with van der Waals surface area (Å²) >= 11 is 0. The summed E-state index contributed by atoms with van der Waals surface area (Å²) in [6, 6.07) is 22.4. The van der Waals surface area contributed by atoms with E-state index in [1.54, 1.807) is 14.2 Å². The number of halogens is 1. The molecular formula is C24H26FNO3. The standard InChI is InChI=1S/C24H26FNO3/c1-27-14-15-29-23-5-3-4-18(16-23)17-26-24(19-6-10-21(25)11-7-19)20-8-12-22(28-2)13-9-20/h3-13,16,24,26H,14-15,17H2,1-2H3. The van der Waals surface area contributed by atoms with Crippen LogP contribution in [0, 0.1) is 5.82 Å². The van der Waals surface area contributed by atoms with Crippen LogP contribution in [0.25, 0.3) is 0 Å². The summed E-state index contributed by atoms with van der Waals surface area (Å²) in [6.45, 7) is 1.69. The van der Waals surface area contributed by atoms with Crippen molar-refractivity contribution in [1.82, 2.24) is 5.32 Å². The van der Waals surface area contributed by atoms with Gasteiger partial charge in [0.25, 0.3) is 0 Å². The number of hydrogen-bond donors (Lipinski definition) is 1. The topological polar surface area (TPSA) is 39.7 Å². The molecular weight excluding hydrogens is 369 g/mol. The minimum absolute atomic E-state index is 0.0837. The Morgan fingerprint density at radius 2 is 1.52 bits per heavy atom. The zero-order valence-electron chi connectivity index (χ0n) is 16.7. The summed E-state index contributed by atoms with van der Waals surface area (Å²) in [5.41, 5.74) is 3.16. The molecule has 1 N–H and O–H groups in total. The van der Waals surface area contributed by atoms with E-state index in [0.29, 0.717) is 19.8 Å². The molecule has 0 bridgehead atoms. The number of rotatable bonds is 10. The Morgan fingerprint density at radius 1 is 0.828 bits per heavy atom. The summed E-state index contributed by atoms with van der Waals surface area (Å²) in [5.74, 6) is 1.36. The van der Waals surface area contributed by atoms with E-state index in [1.807, 2.05) is 60.7 Å². The first-order valence-corrected chi connectivity index (χ1v) is 9.53. The Kier molecular flexibility index (Phi) is 7.61. The highest BCUT2D eigenvalue weighted by Gasteiger charge is 2.14. The van der Waals surface area contributed by atoms with Crippen LogP contribution in [0.1, 0.15) is 22.7 Å². The molecule has 4 nitrogen and oxygen atoms in total. The van der Waals surface area contributed by atoms with Crippen molar-refractivity contribution in [3.05, 3.63) is 95.3 Å². The average Bonchev–Trinajstić information content (AvgIpc) is 2.76. The average molecular weight is 395 g/mol. The largest absolute Gasteiger partial charge is 0.497 e. The van der Waals surface area contributed by atoms with E-state index in [-0.39, 0.29) is 11.9 Å². The van der Waals surface area contributed by atoms with Gasteiger partial charge in [0.15, 0.2) is 0 Å². The van der Waals surface area contributed by atoms with Crippen LogP contribution < -0.4 is 14.8 Å². The molecule has 3 aromatic carbocycles. The van der Waals surface area contributed by atoms with Gasteiger partial charge >= 0.3 is 0 Å². The van der Waals surface area contributed by atoms with Gasteiger partial charge in [0.1, 0.15) is 23.9 Å². The summed E-state index contributed by atoms with van der Waals surface area (Å²) < 4.78 is 29.4. The van der Waals surface area contributed by atoms with Crippen molar-refractivity contribution in [2.24, 2.45) is 0 Å². The van der Waals surface area contributed by atoms with Crippen LogP contribution in [0.5, 0.6) is 11.5 Å². The maximum atomic E-state index is 13.4. The van der Waals surface area contributed by atoms with Crippen molar-refractivity contribution in [2.75, 3.05) is 27.4 Å². The van der Waals surface area contributed by atoms with Gasteiger partial charge in [-0.25, -0.2) is 4.39 Å². The van der Waals surface area contributed by atoms with Gasteiger partial charge < -0.3 is 19.5 Å². The highest BCUT2D eigenvalue weighted by Crippen LogP contribution is 2.25. The first-order valence-electron chi connectivity index (χ1n) is 9.53. The molecule has 0 aliphatic rings. The van der Waals surface area contributed by atoms with Crippen LogP contribution in [0.4, 0.5) is 4.39 Å². The third-order valence-corrected chi connectivity index (χ3v) is 4.62. The lowest BCUT2D eigenvalue weighted by Gasteiger charge is -2.20. The van der Waals surface area contributed by atoms with E-state index in [1.165, 1.54) is 12.1 Å². The van der Waals surface area contributed by atoms with Gasteiger partial charge in [-0.3, -0.25) is 0 Å². The first kappa shape index (κ1) is 20.8. The predicted molar refractivity (Wildman–Crippen MR) is 112 cm³/mol. The third-order valence-electron chi connectivity index (χ3n) is 4.62. The maximum Gasteiger partial charge on any atom is 0.123 e. The van der Waals surface area contributed by atoms with Gasteiger partial charge in [-0.15, -0.1) is 0 Å². The van der Waals surface area contributed by atoms with Crippen LogP contribution in [-0.2, 0) is 11.3 Å². The molecule has 0 saturated carbocycles. The molecule has 0 radical (unpaired) electrons. The fraction of sp³-hybridized carbons (Fsp3) is 0.250. The first-order chi connectivity index (χ1) is 14.2. The second-order valence-corrected chi connectivity index (χ2v) is 6.63. The van der Waals surface area contributed by atoms with Crippen LogP contribution >= 0.6 is 0 Å². The van der Waals surface area contributed by atoms with Crippen molar-refractivity contribution >= 4 is 0 Å². The third kappa shape index (κ3) is 6.04. The predicted octanol–water partition coefficient (Wildman–Crippen LogP) is 4.74. The Labute approximate surface area is 171 Å². The van der Waals surface area contributed by atoms with Crippen molar-refractivity contribution < 1.29 is 18.6 Å². The zero-order chi connectivity index (χ0) is 20.5. The molecule has 1 unspecified atom stereocenters. The minimum Gasteiger partial charge on any atom is -0.497 e. The lowest BCUT2D eigenvalue weighted by molar-refractivity contribution is 0.146. The number of ether oxygens (including phenoxy) is 3. The normalized spacial score (nSPS) is 11.8. The number of nitrogens with one attached hydrogen (secondary N) is 1. The van der Waals surface area contributed by atoms with Crippen LogP contribution in [0.15, 0.2) is 72.8 Å². The molecule has 152 valence electrons. The Bertz CT molecular complexity index is 881. The second kappa shape index (κ2) is 10.6. The quantitative estimate of drug-likeness (QED) is 0.504. The fourth-order valence-electron chi connectivity index (χ4n) is 3.09. The van der Waals surface area contributed by atoms with E-state index in [4.69, 9.17) is 14.2 Å². The van der Waals surface area contributed by atoms with Crippen molar-refractivity contribution in [3.63, 3.8) is 0 Å². The molecule has 5 heteroatoms. The van der Waals surface area contributed by atoms with E-state index in [2.05, 4.69) is 5.32 Å². The molecule has 0 aromatic heterocycles. The zero-order valence-corrected chi connectivity index (χ0v) is 16.7. The Balaban J connectivity index is 1.76. The number of hydrogen-bond acceptors (Lipinski definition) is 4. The molecule has 0 aliphatic heterocycles. The molecule has 0 heterocycles.